The second-order valence-electron chi connectivity index (χ2n) is 4.73. The Labute approximate surface area is 82.3 Å². The van der Waals surface area contributed by atoms with Crippen LogP contribution in [0.5, 0.6) is 0 Å². The molecule has 1 atom stereocenters. The molecule has 0 aromatic rings. The molecule has 1 aliphatic heterocycles. The first-order valence-corrected chi connectivity index (χ1v) is 5.43. The van der Waals surface area contributed by atoms with Crippen LogP contribution in [0.2, 0.25) is 0 Å². The maximum atomic E-state index is 5.66. The molecule has 1 aliphatic rings. The highest BCUT2D eigenvalue weighted by atomic mass is 16.5. The Morgan fingerprint density at radius 2 is 2.15 bits per heavy atom. The number of hydrogen-bond acceptors (Lipinski definition) is 2. The molecule has 1 rings (SSSR count). The van der Waals surface area contributed by atoms with Crippen molar-refractivity contribution in [3.8, 4) is 0 Å². The Morgan fingerprint density at radius 1 is 1.46 bits per heavy atom. The highest BCUT2D eigenvalue weighted by molar-refractivity contribution is 4.86. The van der Waals surface area contributed by atoms with Crippen LogP contribution in [0.25, 0.3) is 0 Å². The van der Waals surface area contributed by atoms with Crippen molar-refractivity contribution in [3.05, 3.63) is 0 Å². The summed E-state index contributed by atoms with van der Waals surface area (Å²) in [7, 11) is 0. The van der Waals surface area contributed by atoms with Gasteiger partial charge in [0.25, 0.3) is 0 Å². The zero-order chi connectivity index (χ0) is 9.90. The predicted octanol–water partition coefficient (Wildman–Crippen LogP) is 2.29. The third-order valence-electron chi connectivity index (χ3n) is 2.84. The molecule has 0 spiro atoms. The predicted molar refractivity (Wildman–Crippen MR) is 56.0 cm³/mol. The van der Waals surface area contributed by atoms with Gasteiger partial charge in [-0.15, -0.1) is 0 Å². The van der Waals surface area contributed by atoms with Crippen molar-refractivity contribution in [3.63, 3.8) is 0 Å². The molecule has 0 bridgehead atoms. The summed E-state index contributed by atoms with van der Waals surface area (Å²) in [5, 5.41) is 0. The summed E-state index contributed by atoms with van der Waals surface area (Å²) in [4.78, 5) is 2.56. The summed E-state index contributed by atoms with van der Waals surface area (Å²) in [6.07, 6.45) is 2.99. The van der Waals surface area contributed by atoms with E-state index in [2.05, 4.69) is 32.6 Å². The van der Waals surface area contributed by atoms with Crippen molar-refractivity contribution in [2.24, 2.45) is 0 Å². The molecule has 0 aromatic heterocycles. The van der Waals surface area contributed by atoms with Crippen LogP contribution in [0.4, 0.5) is 0 Å². The average molecular weight is 185 g/mol. The monoisotopic (exact) mass is 185 g/mol. The minimum atomic E-state index is 0.238. The lowest BCUT2D eigenvalue weighted by atomic mass is 10.0. The van der Waals surface area contributed by atoms with Gasteiger partial charge in [0.15, 0.2) is 0 Å². The first kappa shape index (κ1) is 11.0. The van der Waals surface area contributed by atoms with Gasteiger partial charge in [0.1, 0.15) is 0 Å². The van der Waals surface area contributed by atoms with E-state index in [1.807, 2.05) is 0 Å². The standard InChI is InChI=1S/C11H23NO/c1-5-6-7-12-8-10(2)13-9-11(12,3)4/h10H,5-9H2,1-4H3. The van der Waals surface area contributed by atoms with Crippen molar-refractivity contribution in [2.45, 2.75) is 52.2 Å². The van der Waals surface area contributed by atoms with E-state index in [0.717, 1.165) is 13.2 Å². The lowest BCUT2D eigenvalue weighted by molar-refractivity contribution is -0.0913. The molecule has 2 heteroatoms. The molecule has 1 saturated heterocycles. The second-order valence-corrected chi connectivity index (χ2v) is 4.73. The van der Waals surface area contributed by atoms with Crippen LogP contribution in [0.1, 0.15) is 40.5 Å². The van der Waals surface area contributed by atoms with Crippen LogP contribution in [0.15, 0.2) is 0 Å². The molecule has 0 aromatic carbocycles. The quantitative estimate of drug-likeness (QED) is 0.669. The van der Waals surface area contributed by atoms with E-state index in [1.54, 1.807) is 0 Å². The molecule has 0 radical (unpaired) electrons. The van der Waals surface area contributed by atoms with Gasteiger partial charge in [0.05, 0.1) is 12.7 Å². The van der Waals surface area contributed by atoms with E-state index in [-0.39, 0.29) is 5.54 Å². The van der Waals surface area contributed by atoms with E-state index in [9.17, 15) is 0 Å². The molecule has 13 heavy (non-hydrogen) atoms. The van der Waals surface area contributed by atoms with Crippen molar-refractivity contribution in [1.82, 2.24) is 4.90 Å². The van der Waals surface area contributed by atoms with Crippen molar-refractivity contribution >= 4 is 0 Å². The van der Waals surface area contributed by atoms with E-state index < -0.39 is 0 Å². The molecule has 2 nitrogen and oxygen atoms in total. The SMILES string of the molecule is CCCCN1CC(C)OCC1(C)C. The summed E-state index contributed by atoms with van der Waals surface area (Å²) in [6, 6.07) is 0. The molecule has 0 amide bonds. The molecule has 78 valence electrons. The maximum Gasteiger partial charge on any atom is 0.0675 e. The number of nitrogens with zero attached hydrogens (tertiary/aromatic N) is 1. The second kappa shape index (κ2) is 4.43. The Bertz CT molecular complexity index is 156. The summed E-state index contributed by atoms with van der Waals surface area (Å²) >= 11 is 0. The van der Waals surface area contributed by atoms with Crippen molar-refractivity contribution in [1.29, 1.82) is 0 Å². The van der Waals surface area contributed by atoms with Gasteiger partial charge in [0, 0.05) is 12.1 Å². The van der Waals surface area contributed by atoms with Crippen LogP contribution in [0.3, 0.4) is 0 Å². The van der Waals surface area contributed by atoms with E-state index >= 15 is 0 Å². The summed E-state index contributed by atoms with van der Waals surface area (Å²) in [5.74, 6) is 0. The zero-order valence-corrected chi connectivity index (χ0v) is 9.47. The van der Waals surface area contributed by atoms with Crippen molar-refractivity contribution in [2.75, 3.05) is 19.7 Å². The highest BCUT2D eigenvalue weighted by Crippen LogP contribution is 2.22. The van der Waals surface area contributed by atoms with Gasteiger partial charge in [-0.05, 0) is 33.7 Å². The highest BCUT2D eigenvalue weighted by Gasteiger charge is 2.32. The van der Waals surface area contributed by atoms with Gasteiger partial charge in [-0.3, -0.25) is 4.90 Å². The van der Waals surface area contributed by atoms with Gasteiger partial charge in [-0.2, -0.15) is 0 Å². The number of hydrogen-bond donors (Lipinski definition) is 0. The minimum absolute atomic E-state index is 0.238. The Morgan fingerprint density at radius 3 is 2.77 bits per heavy atom. The Hall–Kier alpha value is -0.0800. The average Bonchev–Trinajstić information content (AvgIpc) is 2.07. The molecule has 0 saturated carbocycles. The van der Waals surface area contributed by atoms with Crippen LogP contribution in [-0.2, 0) is 4.74 Å². The minimum Gasteiger partial charge on any atom is -0.375 e. The molecular weight excluding hydrogens is 162 g/mol. The largest absolute Gasteiger partial charge is 0.375 e. The number of unbranched alkanes of at least 4 members (excludes halogenated alkanes) is 1. The van der Waals surface area contributed by atoms with E-state index in [4.69, 9.17) is 4.74 Å². The van der Waals surface area contributed by atoms with Gasteiger partial charge >= 0.3 is 0 Å². The normalized spacial score (nSPS) is 29.1. The fourth-order valence-electron chi connectivity index (χ4n) is 1.79. The first-order chi connectivity index (χ1) is 6.06. The Balaban J connectivity index is 2.46. The Kier molecular flexibility index (Phi) is 3.74. The maximum absolute atomic E-state index is 5.66. The smallest absolute Gasteiger partial charge is 0.0675 e. The number of rotatable bonds is 3. The summed E-state index contributed by atoms with van der Waals surface area (Å²) < 4.78 is 5.66. The third-order valence-corrected chi connectivity index (χ3v) is 2.84. The van der Waals surface area contributed by atoms with Crippen LogP contribution in [0, 0.1) is 0 Å². The van der Waals surface area contributed by atoms with Crippen molar-refractivity contribution < 1.29 is 4.74 Å². The lowest BCUT2D eigenvalue weighted by Gasteiger charge is -2.44. The van der Waals surface area contributed by atoms with Gasteiger partial charge in [0.2, 0.25) is 0 Å². The van der Waals surface area contributed by atoms with E-state index in [0.29, 0.717) is 6.10 Å². The summed E-state index contributed by atoms with van der Waals surface area (Å²) in [5.41, 5.74) is 0.238. The molecular formula is C11H23NO. The lowest BCUT2D eigenvalue weighted by Crippen LogP contribution is -2.55. The zero-order valence-electron chi connectivity index (χ0n) is 9.47. The third kappa shape index (κ3) is 2.96. The first-order valence-electron chi connectivity index (χ1n) is 5.43. The van der Waals surface area contributed by atoms with Gasteiger partial charge in [-0.1, -0.05) is 13.3 Å². The molecule has 1 heterocycles. The van der Waals surface area contributed by atoms with Gasteiger partial charge < -0.3 is 4.74 Å². The molecule has 0 aliphatic carbocycles. The molecule has 1 fully saturated rings. The topological polar surface area (TPSA) is 12.5 Å². The van der Waals surface area contributed by atoms with Crippen LogP contribution < -0.4 is 0 Å². The van der Waals surface area contributed by atoms with Gasteiger partial charge in [-0.25, -0.2) is 0 Å². The number of morpholine rings is 1. The number of ether oxygens (including phenoxy) is 1. The molecule has 0 N–H and O–H groups in total. The molecule has 1 unspecified atom stereocenters. The van der Waals surface area contributed by atoms with E-state index in [1.165, 1.54) is 19.4 Å². The fourth-order valence-corrected chi connectivity index (χ4v) is 1.79. The van der Waals surface area contributed by atoms with Crippen LogP contribution >= 0.6 is 0 Å². The van der Waals surface area contributed by atoms with Crippen LogP contribution in [-0.4, -0.2) is 36.2 Å². The summed E-state index contributed by atoms with van der Waals surface area (Å²) in [6.45, 7) is 12.1. The fraction of sp³-hybridized carbons (Fsp3) is 1.00.